The predicted molar refractivity (Wildman–Crippen MR) is 78.7 cm³/mol. The average molecular weight is 286 g/mol. The molecule has 0 saturated heterocycles. The van der Waals surface area contributed by atoms with Gasteiger partial charge in [-0.25, -0.2) is 0 Å². The lowest BCUT2D eigenvalue weighted by atomic mass is 10.2. The molecule has 0 spiro atoms. The molecule has 1 amide bonds. The van der Waals surface area contributed by atoms with Gasteiger partial charge in [-0.3, -0.25) is 14.5 Å². The van der Waals surface area contributed by atoms with Gasteiger partial charge in [0, 0.05) is 31.4 Å². The average Bonchev–Trinajstić information content (AvgIpc) is 3.00. The lowest BCUT2D eigenvalue weighted by molar-refractivity contribution is 0.0955. The zero-order chi connectivity index (χ0) is 14.1. The van der Waals surface area contributed by atoms with Crippen LogP contribution in [0.2, 0.25) is 0 Å². The molecular weight excluding hydrogens is 272 g/mol. The van der Waals surface area contributed by atoms with Crippen LogP contribution in [0, 0.1) is 6.92 Å². The molecule has 3 rings (SSSR count). The van der Waals surface area contributed by atoms with Crippen molar-refractivity contribution in [1.82, 2.24) is 20.1 Å². The molecule has 5 nitrogen and oxygen atoms in total. The van der Waals surface area contributed by atoms with Crippen molar-refractivity contribution in [2.75, 3.05) is 0 Å². The fourth-order valence-electron chi connectivity index (χ4n) is 2.09. The number of thiophene rings is 1. The van der Waals surface area contributed by atoms with Crippen LogP contribution in [0.1, 0.15) is 20.9 Å². The number of rotatable bonds is 3. The highest BCUT2D eigenvalue weighted by molar-refractivity contribution is 7.20. The molecule has 0 aliphatic rings. The smallest absolute Gasteiger partial charge is 0.261 e. The Kier molecular flexibility index (Phi) is 3.23. The molecule has 102 valence electrons. The molecule has 0 atom stereocenters. The molecule has 0 fully saturated rings. The third-order valence-electron chi connectivity index (χ3n) is 3.10. The van der Waals surface area contributed by atoms with E-state index < -0.39 is 0 Å². The monoisotopic (exact) mass is 286 g/mol. The van der Waals surface area contributed by atoms with Gasteiger partial charge in [-0.1, -0.05) is 6.07 Å². The van der Waals surface area contributed by atoms with E-state index in [-0.39, 0.29) is 5.91 Å². The second-order valence-electron chi connectivity index (χ2n) is 4.58. The second-order valence-corrected chi connectivity index (χ2v) is 5.61. The van der Waals surface area contributed by atoms with E-state index in [9.17, 15) is 4.79 Å². The molecule has 20 heavy (non-hydrogen) atoms. The van der Waals surface area contributed by atoms with E-state index in [1.807, 2.05) is 36.9 Å². The van der Waals surface area contributed by atoms with E-state index in [0.29, 0.717) is 11.4 Å². The molecule has 3 aromatic heterocycles. The van der Waals surface area contributed by atoms with Gasteiger partial charge >= 0.3 is 0 Å². The molecule has 0 saturated carbocycles. The molecule has 1 N–H and O–H groups in total. The number of carbonyl (C=O) groups excluding carboxylic acids is 1. The molecular formula is C14H14N4OS. The number of aromatic nitrogens is 3. The molecule has 0 radical (unpaired) electrons. The van der Waals surface area contributed by atoms with Gasteiger partial charge in [-0.15, -0.1) is 11.3 Å². The maximum absolute atomic E-state index is 12.2. The summed E-state index contributed by atoms with van der Waals surface area (Å²) in [6.45, 7) is 2.44. The summed E-state index contributed by atoms with van der Waals surface area (Å²) in [6, 6.07) is 5.70. The minimum atomic E-state index is -0.0607. The topological polar surface area (TPSA) is 59.8 Å². The summed E-state index contributed by atoms with van der Waals surface area (Å²) in [6.07, 6.45) is 3.46. The van der Waals surface area contributed by atoms with Gasteiger partial charge in [0.25, 0.3) is 5.91 Å². The minimum Gasteiger partial charge on any atom is -0.347 e. The number of nitrogens with zero attached hydrogens (tertiary/aromatic N) is 3. The summed E-state index contributed by atoms with van der Waals surface area (Å²) in [7, 11) is 1.89. The van der Waals surface area contributed by atoms with Crippen LogP contribution in [0.5, 0.6) is 0 Å². The van der Waals surface area contributed by atoms with E-state index in [0.717, 1.165) is 21.5 Å². The molecule has 0 aliphatic heterocycles. The van der Waals surface area contributed by atoms with Gasteiger partial charge in [0.15, 0.2) is 0 Å². The van der Waals surface area contributed by atoms with Crippen molar-refractivity contribution in [3.05, 3.63) is 46.7 Å². The van der Waals surface area contributed by atoms with Gasteiger partial charge in [-0.2, -0.15) is 5.10 Å². The summed E-state index contributed by atoms with van der Waals surface area (Å²) in [4.78, 5) is 17.9. The fraction of sp³-hybridized carbons (Fsp3) is 0.214. The summed E-state index contributed by atoms with van der Waals surface area (Å²) in [5.74, 6) is -0.0607. The summed E-state index contributed by atoms with van der Waals surface area (Å²) < 4.78 is 1.81. The van der Waals surface area contributed by atoms with Crippen molar-refractivity contribution in [2.24, 2.45) is 7.05 Å². The Bertz CT molecular complexity index is 726. The van der Waals surface area contributed by atoms with E-state index in [1.165, 1.54) is 11.3 Å². The largest absolute Gasteiger partial charge is 0.347 e. The minimum absolute atomic E-state index is 0.0607. The standard InChI is InChI=1S/C14H14N4OS/c1-9-11-6-12(20-14(11)18(2)17-9)13(19)16-8-10-4-3-5-15-7-10/h3-7H,8H2,1-2H3,(H,16,19). The molecule has 0 aliphatic carbocycles. The molecule has 0 aromatic carbocycles. The number of carbonyl (C=O) groups is 1. The van der Waals surface area contributed by atoms with Gasteiger partial charge in [0.05, 0.1) is 10.6 Å². The maximum atomic E-state index is 12.2. The van der Waals surface area contributed by atoms with E-state index in [4.69, 9.17) is 0 Å². The Balaban J connectivity index is 1.77. The number of fused-ring (bicyclic) bond motifs is 1. The fourth-order valence-corrected chi connectivity index (χ4v) is 3.13. The first-order chi connectivity index (χ1) is 9.65. The second kappa shape index (κ2) is 5.05. The Morgan fingerprint density at radius 2 is 2.35 bits per heavy atom. The number of aryl methyl sites for hydroxylation is 2. The van der Waals surface area contributed by atoms with Gasteiger partial charge < -0.3 is 5.32 Å². The van der Waals surface area contributed by atoms with Crippen molar-refractivity contribution in [1.29, 1.82) is 0 Å². The van der Waals surface area contributed by atoms with E-state index >= 15 is 0 Å². The predicted octanol–water partition coefficient (Wildman–Crippen LogP) is 2.27. The Hall–Kier alpha value is -2.21. The number of amides is 1. The van der Waals surface area contributed by atoms with Crippen LogP contribution < -0.4 is 5.32 Å². The van der Waals surface area contributed by atoms with Crippen LogP contribution in [0.4, 0.5) is 0 Å². The highest BCUT2D eigenvalue weighted by Gasteiger charge is 2.14. The number of pyridine rings is 1. The lowest BCUT2D eigenvalue weighted by Gasteiger charge is -2.02. The van der Waals surface area contributed by atoms with E-state index in [2.05, 4.69) is 15.4 Å². The number of nitrogens with one attached hydrogen (secondary N) is 1. The highest BCUT2D eigenvalue weighted by atomic mass is 32.1. The SMILES string of the molecule is Cc1nn(C)c2sc(C(=O)NCc3cccnc3)cc12. The van der Waals surface area contributed by atoms with Gasteiger partial charge in [0.1, 0.15) is 4.83 Å². The summed E-state index contributed by atoms with van der Waals surface area (Å²) >= 11 is 1.46. The van der Waals surface area contributed by atoms with Crippen LogP contribution in [0.25, 0.3) is 10.2 Å². The quantitative estimate of drug-likeness (QED) is 0.803. The lowest BCUT2D eigenvalue weighted by Crippen LogP contribution is -2.21. The van der Waals surface area contributed by atoms with Crippen LogP contribution in [-0.4, -0.2) is 20.7 Å². The van der Waals surface area contributed by atoms with Crippen LogP contribution in [0.3, 0.4) is 0 Å². The van der Waals surface area contributed by atoms with Gasteiger partial charge in [-0.05, 0) is 24.6 Å². The number of hydrogen-bond acceptors (Lipinski definition) is 4. The first-order valence-electron chi connectivity index (χ1n) is 6.25. The normalized spacial score (nSPS) is 10.9. The maximum Gasteiger partial charge on any atom is 0.261 e. The highest BCUT2D eigenvalue weighted by Crippen LogP contribution is 2.27. The zero-order valence-electron chi connectivity index (χ0n) is 11.3. The van der Waals surface area contributed by atoms with Crippen LogP contribution in [-0.2, 0) is 13.6 Å². The third kappa shape index (κ3) is 2.30. The van der Waals surface area contributed by atoms with Crippen molar-refractivity contribution in [3.63, 3.8) is 0 Å². The Morgan fingerprint density at radius 1 is 1.50 bits per heavy atom. The first kappa shape index (κ1) is 12.8. The Labute approximate surface area is 120 Å². The summed E-state index contributed by atoms with van der Waals surface area (Å²) in [5, 5.41) is 8.28. The molecule has 3 heterocycles. The molecule has 0 unspecified atom stereocenters. The van der Waals surface area contributed by atoms with Crippen molar-refractivity contribution in [3.8, 4) is 0 Å². The van der Waals surface area contributed by atoms with Crippen LogP contribution in [0.15, 0.2) is 30.6 Å². The van der Waals surface area contributed by atoms with Crippen LogP contribution >= 0.6 is 11.3 Å². The van der Waals surface area contributed by atoms with E-state index in [1.54, 1.807) is 12.4 Å². The van der Waals surface area contributed by atoms with Crippen molar-refractivity contribution >= 4 is 27.5 Å². The zero-order valence-corrected chi connectivity index (χ0v) is 12.1. The number of hydrogen-bond donors (Lipinski definition) is 1. The molecule has 0 bridgehead atoms. The molecule has 6 heteroatoms. The summed E-state index contributed by atoms with van der Waals surface area (Å²) in [5.41, 5.74) is 1.94. The van der Waals surface area contributed by atoms with Crippen molar-refractivity contribution < 1.29 is 4.79 Å². The van der Waals surface area contributed by atoms with Gasteiger partial charge in [0.2, 0.25) is 0 Å². The Morgan fingerprint density at radius 3 is 3.05 bits per heavy atom. The third-order valence-corrected chi connectivity index (χ3v) is 4.30. The molecule has 3 aromatic rings. The first-order valence-corrected chi connectivity index (χ1v) is 7.07. The van der Waals surface area contributed by atoms with Crippen molar-refractivity contribution in [2.45, 2.75) is 13.5 Å².